The Morgan fingerprint density at radius 3 is 2.60 bits per heavy atom. The van der Waals surface area contributed by atoms with Gasteiger partial charge in [0.05, 0.1) is 0 Å². The van der Waals surface area contributed by atoms with Crippen LogP contribution in [-0.2, 0) is 0 Å². The highest BCUT2D eigenvalue weighted by Crippen LogP contribution is 2.18. The van der Waals surface area contributed by atoms with Gasteiger partial charge in [0.25, 0.3) is 0 Å². The van der Waals surface area contributed by atoms with Gasteiger partial charge in [-0.2, -0.15) is 0 Å². The van der Waals surface area contributed by atoms with Gasteiger partial charge in [0.1, 0.15) is 10.8 Å². The first-order chi connectivity index (χ1) is 9.45. The molecule has 1 aromatic carbocycles. The van der Waals surface area contributed by atoms with Gasteiger partial charge in [-0.25, -0.2) is 4.98 Å². The fraction of sp³-hybridized carbons (Fsp3) is 0.0714. The summed E-state index contributed by atoms with van der Waals surface area (Å²) in [6, 6.07) is 10.4. The van der Waals surface area contributed by atoms with Crippen LogP contribution in [0, 0.1) is 6.92 Å². The lowest BCUT2D eigenvalue weighted by atomic mass is 10.2. The predicted octanol–water partition coefficient (Wildman–Crippen LogP) is 1.87. The quantitative estimate of drug-likeness (QED) is 0.746. The molecular weight excluding hydrogens is 272 g/mol. The van der Waals surface area contributed by atoms with Crippen molar-refractivity contribution in [2.24, 2.45) is 11.5 Å². The van der Waals surface area contributed by atoms with Crippen LogP contribution >= 0.6 is 12.2 Å². The van der Waals surface area contributed by atoms with Crippen LogP contribution in [-0.4, -0.2) is 15.9 Å². The molecule has 0 spiro atoms. The standard InChI is InChI=1S/C14H14N4OS/c1-8-5-10(14(16)20)7-12(17-8)18-11-4-2-3-9(6-11)13(15)19/h2-7H,1H3,(H2,15,19)(H2,16,20)(H,17,18). The molecule has 0 fully saturated rings. The molecule has 0 atom stereocenters. The second kappa shape index (κ2) is 5.66. The maximum atomic E-state index is 11.1. The van der Waals surface area contributed by atoms with Gasteiger partial charge in [-0.1, -0.05) is 18.3 Å². The minimum atomic E-state index is -0.477. The van der Waals surface area contributed by atoms with Crippen molar-refractivity contribution in [3.8, 4) is 0 Å². The van der Waals surface area contributed by atoms with Crippen LogP contribution in [0.3, 0.4) is 0 Å². The van der Waals surface area contributed by atoms with Crippen molar-refractivity contribution >= 4 is 34.6 Å². The summed E-state index contributed by atoms with van der Waals surface area (Å²) in [7, 11) is 0. The van der Waals surface area contributed by atoms with Crippen molar-refractivity contribution < 1.29 is 4.79 Å². The fourth-order valence-corrected chi connectivity index (χ4v) is 1.89. The Morgan fingerprint density at radius 1 is 1.20 bits per heavy atom. The highest BCUT2D eigenvalue weighted by atomic mass is 32.1. The molecule has 2 aromatic rings. The number of pyridine rings is 1. The van der Waals surface area contributed by atoms with E-state index in [1.807, 2.05) is 19.1 Å². The molecule has 6 heteroatoms. The van der Waals surface area contributed by atoms with Gasteiger partial charge in [0.15, 0.2) is 0 Å². The first-order valence-electron chi connectivity index (χ1n) is 5.91. The summed E-state index contributed by atoms with van der Waals surface area (Å²) in [6.07, 6.45) is 0. The number of benzene rings is 1. The maximum absolute atomic E-state index is 11.1. The summed E-state index contributed by atoms with van der Waals surface area (Å²) in [5.41, 5.74) is 13.5. The average Bonchev–Trinajstić information content (AvgIpc) is 2.38. The van der Waals surface area contributed by atoms with E-state index in [2.05, 4.69) is 10.3 Å². The smallest absolute Gasteiger partial charge is 0.248 e. The van der Waals surface area contributed by atoms with Gasteiger partial charge in [0.2, 0.25) is 5.91 Å². The third-order valence-electron chi connectivity index (χ3n) is 2.66. The van der Waals surface area contributed by atoms with Crippen molar-refractivity contribution in [2.45, 2.75) is 6.92 Å². The zero-order valence-corrected chi connectivity index (χ0v) is 11.7. The summed E-state index contributed by atoms with van der Waals surface area (Å²) in [5, 5.41) is 3.10. The van der Waals surface area contributed by atoms with E-state index in [0.717, 1.165) is 11.3 Å². The predicted molar refractivity (Wildman–Crippen MR) is 83.1 cm³/mol. The summed E-state index contributed by atoms with van der Waals surface area (Å²) in [5.74, 6) is 0.129. The van der Waals surface area contributed by atoms with E-state index >= 15 is 0 Å². The van der Waals surface area contributed by atoms with Crippen LogP contribution < -0.4 is 16.8 Å². The van der Waals surface area contributed by atoms with Crippen molar-refractivity contribution in [1.82, 2.24) is 4.98 Å². The third kappa shape index (κ3) is 3.30. The normalized spacial score (nSPS) is 10.1. The molecule has 102 valence electrons. The van der Waals surface area contributed by atoms with Crippen LogP contribution in [0.2, 0.25) is 0 Å². The molecule has 0 unspecified atom stereocenters. The van der Waals surface area contributed by atoms with Crippen molar-refractivity contribution in [2.75, 3.05) is 5.32 Å². The first kappa shape index (κ1) is 14.0. The zero-order chi connectivity index (χ0) is 14.7. The number of aryl methyl sites for hydroxylation is 1. The van der Waals surface area contributed by atoms with Gasteiger partial charge in [-0.15, -0.1) is 0 Å². The summed E-state index contributed by atoms with van der Waals surface area (Å²) in [4.78, 5) is 15.8. The lowest BCUT2D eigenvalue weighted by molar-refractivity contribution is 0.100. The Balaban J connectivity index is 2.32. The Labute approximate surface area is 122 Å². The van der Waals surface area contributed by atoms with Crippen LogP contribution in [0.15, 0.2) is 36.4 Å². The highest BCUT2D eigenvalue weighted by Gasteiger charge is 2.05. The lowest BCUT2D eigenvalue weighted by Gasteiger charge is -2.09. The van der Waals surface area contributed by atoms with Crippen LogP contribution in [0.1, 0.15) is 21.6 Å². The highest BCUT2D eigenvalue weighted by molar-refractivity contribution is 7.80. The van der Waals surface area contributed by atoms with E-state index in [-0.39, 0.29) is 0 Å². The molecular formula is C14H14N4OS. The molecule has 0 aliphatic heterocycles. The Hall–Kier alpha value is -2.47. The summed E-state index contributed by atoms with van der Waals surface area (Å²) in [6.45, 7) is 1.85. The number of aromatic nitrogens is 1. The summed E-state index contributed by atoms with van der Waals surface area (Å²) >= 11 is 4.96. The number of hydrogen-bond acceptors (Lipinski definition) is 4. The maximum Gasteiger partial charge on any atom is 0.248 e. The van der Waals surface area contributed by atoms with Crippen molar-refractivity contribution in [3.05, 3.63) is 53.2 Å². The zero-order valence-electron chi connectivity index (χ0n) is 10.9. The Morgan fingerprint density at radius 2 is 1.95 bits per heavy atom. The van der Waals surface area contributed by atoms with Crippen molar-refractivity contribution in [3.63, 3.8) is 0 Å². The minimum Gasteiger partial charge on any atom is -0.389 e. The van der Waals surface area contributed by atoms with Gasteiger partial charge in [0, 0.05) is 22.5 Å². The topological polar surface area (TPSA) is 94.0 Å². The molecule has 1 heterocycles. The summed E-state index contributed by atoms with van der Waals surface area (Å²) < 4.78 is 0. The van der Waals surface area contributed by atoms with Gasteiger partial charge < -0.3 is 16.8 Å². The van der Waals surface area contributed by atoms with Gasteiger partial charge in [-0.3, -0.25) is 4.79 Å². The van der Waals surface area contributed by atoms with Gasteiger partial charge in [-0.05, 0) is 37.3 Å². The largest absolute Gasteiger partial charge is 0.389 e. The number of primary amides is 1. The van der Waals surface area contributed by atoms with E-state index in [4.69, 9.17) is 23.7 Å². The Bertz CT molecular complexity index is 685. The van der Waals surface area contributed by atoms with Gasteiger partial charge >= 0.3 is 0 Å². The average molecular weight is 286 g/mol. The Kier molecular flexibility index (Phi) is 3.95. The molecule has 0 aliphatic rings. The molecule has 0 saturated heterocycles. The lowest BCUT2D eigenvalue weighted by Crippen LogP contribution is -2.12. The number of nitrogens with two attached hydrogens (primary N) is 2. The number of thiocarbonyl (C=S) groups is 1. The molecule has 1 amide bonds. The number of hydrogen-bond donors (Lipinski definition) is 3. The molecule has 0 radical (unpaired) electrons. The van der Waals surface area contributed by atoms with E-state index in [0.29, 0.717) is 22.1 Å². The molecule has 2 rings (SSSR count). The molecule has 5 N–H and O–H groups in total. The number of nitrogens with one attached hydrogen (secondary N) is 1. The molecule has 20 heavy (non-hydrogen) atoms. The van der Waals surface area contributed by atoms with Crippen molar-refractivity contribution in [1.29, 1.82) is 0 Å². The number of carbonyl (C=O) groups is 1. The second-order valence-electron chi connectivity index (χ2n) is 4.32. The molecule has 5 nitrogen and oxygen atoms in total. The molecule has 1 aromatic heterocycles. The van der Waals surface area contributed by atoms with E-state index in [1.165, 1.54) is 0 Å². The minimum absolute atomic E-state index is 0.310. The first-order valence-corrected chi connectivity index (χ1v) is 6.32. The van der Waals surface area contributed by atoms with Crippen LogP contribution in [0.25, 0.3) is 0 Å². The SMILES string of the molecule is Cc1cc(C(N)=S)cc(Nc2cccc(C(N)=O)c2)n1. The number of rotatable bonds is 4. The number of nitrogens with zero attached hydrogens (tertiary/aromatic N) is 1. The number of anilines is 2. The third-order valence-corrected chi connectivity index (χ3v) is 2.89. The molecule has 0 aliphatic carbocycles. The fourth-order valence-electron chi connectivity index (χ4n) is 1.77. The molecule has 0 saturated carbocycles. The van der Waals surface area contributed by atoms with E-state index in [9.17, 15) is 4.79 Å². The monoisotopic (exact) mass is 286 g/mol. The second-order valence-corrected chi connectivity index (χ2v) is 4.76. The van der Waals surface area contributed by atoms with E-state index in [1.54, 1.807) is 24.3 Å². The number of amides is 1. The van der Waals surface area contributed by atoms with Crippen LogP contribution in [0.4, 0.5) is 11.5 Å². The van der Waals surface area contributed by atoms with Crippen LogP contribution in [0.5, 0.6) is 0 Å². The molecule has 0 bridgehead atoms. The van der Waals surface area contributed by atoms with E-state index < -0.39 is 5.91 Å². The number of carbonyl (C=O) groups excluding carboxylic acids is 1.